The fourth-order valence-electron chi connectivity index (χ4n) is 2.03. The van der Waals surface area contributed by atoms with Gasteiger partial charge in [-0.05, 0) is 24.0 Å². The van der Waals surface area contributed by atoms with Gasteiger partial charge in [0.25, 0.3) is 0 Å². The van der Waals surface area contributed by atoms with Crippen molar-refractivity contribution in [2.75, 3.05) is 0 Å². The zero-order valence-electron chi connectivity index (χ0n) is 11.5. The molecule has 0 saturated heterocycles. The molecule has 0 saturated carbocycles. The molecular weight excluding hydrogens is 258 g/mol. The van der Waals surface area contributed by atoms with Crippen LogP contribution in [0.15, 0.2) is 22.9 Å². The molecular formula is C14H17N3O3. The Balaban J connectivity index is 2.14. The second kappa shape index (κ2) is 6.27. The number of hydrogen-bond donors (Lipinski definition) is 1. The highest BCUT2D eigenvalue weighted by molar-refractivity contribution is 5.67. The molecule has 1 atom stereocenters. The summed E-state index contributed by atoms with van der Waals surface area (Å²) in [5.41, 5.74) is 1.77. The molecule has 0 amide bonds. The molecule has 106 valence electrons. The van der Waals surface area contributed by atoms with Gasteiger partial charge in [0.05, 0.1) is 0 Å². The van der Waals surface area contributed by atoms with Crippen molar-refractivity contribution in [2.45, 2.75) is 33.1 Å². The molecule has 0 bridgehead atoms. The summed E-state index contributed by atoms with van der Waals surface area (Å²) < 4.78 is 5.18. The topological polar surface area (TPSA) is 89.1 Å². The van der Waals surface area contributed by atoms with Crippen molar-refractivity contribution in [3.8, 4) is 11.5 Å². The number of rotatable bonds is 6. The molecule has 6 nitrogen and oxygen atoms in total. The summed E-state index contributed by atoms with van der Waals surface area (Å²) in [7, 11) is 0. The molecule has 0 radical (unpaired) electrons. The molecule has 20 heavy (non-hydrogen) atoms. The second-order valence-electron chi connectivity index (χ2n) is 4.78. The van der Waals surface area contributed by atoms with E-state index in [4.69, 9.17) is 9.63 Å². The number of hydrogen-bond acceptors (Lipinski definition) is 5. The van der Waals surface area contributed by atoms with Gasteiger partial charge in [-0.15, -0.1) is 0 Å². The molecule has 2 rings (SSSR count). The van der Waals surface area contributed by atoms with E-state index in [1.54, 1.807) is 6.20 Å². The van der Waals surface area contributed by atoms with Crippen LogP contribution in [-0.2, 0) is 17.6 Å². The van der Waals surface area contributed by atoms with Crippen molar-refractivity contribution in [1.82, 2.24) is 15.1 Å². The van der Waals surface area contributed by atoms with E-state index in [1.165, 1.54) is 0 Å². The minimum atomic E-state index is -0.824. The van der Waals surface area contributed by atoms with Crippen LogP contribution >= 0.6 is 0 Å². The standard InChI is InChI=1S/C14H17N3O3/c1-3-10-5-4-6-15-13(10)14-16-11(20-17-14)7-9(2)8-12(18)19/h4-6,9H,3,7-8H2,1-2H3,(H,18,19). The van der Waals surface area contributed by atoms with Crippen molar-refractivity contribution in [1.29, 1.82) is 0 Å². The Hall–Kier alpha value is -2.24. The first-order valence-corrected chi connectivity index (χ1v) is 6.58. The van der Waals surface area contributed by atoms with Gasteiger partial charge >= 0.3 is 5.97 Å². The van der Waals surface area contributed by atoms with Crippen LogP contribution in [0.1, 0.15) is 31.7 Å². The number of nitrogens with zero attached hydrogens (tertiary/aromatic N) is 3. The molecule has 6 heteroatoms. The molecule has 0 spiro atoms. The van der Waals surface area contributed by atoms with Crippen LogP contribution in [0.5, 0.6) is 0 Å². The van der Waals surface area contributed by atoms with E-state index in [1.807, 2.05) is 26.0 Å². The maximum Gasteiger partial charge on any atom is 0.303 e. The van der Waals surface area contributed by atoms with Crippen LogP contribution in [0.3, 0.4) is 0 Å². The van der Waals surface area contributed by atoms with E-state index in [0.717, 1.165) is 17.7 Å². The van der Waals surface area contributed by atoms with Crippen LogP contribution in [0.25, 0.3) is 11.5 Å². The van der Waals surface area contributed by atoms with Crippen LogP contribution in [0.4, 0.5) is 0 Å². The van der Waals surface area contributed by atoms with Crippen LogP contribution in [-0.4, -0.2) is 26.2 Å². The lowest BCUT2D eigenvalue weighted by atomic mass is 10.0. The third-order valence-corrected chi connectivity index (χ3v) is 3.00. The van der Waals surface area contributed by atoms with Crippen LogP contribution in [0.2, 0.25) is 0 Å². The van der Waals surface area contributed by atoms with Gasteiger partial charge in [0.15, 0.2) is 0 Å². The van der Waals surface area contributed by atoms with E-state index in [0.29, 0.717) is 18.1 Å². The monoisotopic (exact) mass is 275 g/mol. The molecule has 2 heterocycles. The maximum atomic E-state index is 10.6. The minimum Gasteiger partial charge on any atom is -0.481 e. The van der Waals surface area contributed by atoms with Gasteiger partial charge in [-0.2, -0.15) is 4.98 Å². The number of carbonyl (C=O) groups is 1. The zero-order valence-corrected chi connectivity index (χ0v) is 11.5. The Labute approximate surface area is 116 Å². The number of aryl methyl sites for hydroxylation is 1. The fourth-order valence-corrected chi connectivity index (χ4v) is 2.03. The van der Waals surface area contributed by atoms with Gasteiger partial charge in [0, 0.05) is 19.0 Å². The first-order chi connectivity index (χ1) is 9.60. The molecule has 0 aliphatic carbocycles. The van der Waals surface area contributed by atoms with E-state index >= 15 is 0 Å². The summed E-state index contributed by atoms with van der Waals surface area (Å²) in [6.07, 6.45) is 3.06. The van der Waals surface area contributed by atoms with Crippen LogP contribution in [0, 0.1) is 5.92 Å². The van der Waals surface area contributed by atoms with Gasteiger partial charge in [0.2, 0.25) is 11.7 Å². The molecule has 0 aliphatic heterocycles. The average molecular weight is 275 g/mol. The summed E-state index contributed by atoms with van der Waals surface area (Å²) in [4.78, 5) is 19.2. The van der Waals surface area contributed by atoms with Crippen LogP contribution < -0.4 is 0 Å². The summed E-state index contributed by atoms with van der Waals surface area (Å²) >= 11 is 0. The predicted molar refractivity (Wildman–Crippen MR) is 72.0 cm³/mol. The number of carboxylic acid groups (broad SMARTS) is 1. The average Bonchev–Trinajstić information content (AvgIpc) is 2.85. The van der Waals surface area contributed by atoms with Gasteiger partial charge in [-0.25, -0.2) is 0 Å². The molecule has 1 unspecified atom stereocenters. The van der Waals surface area contributed by atoms with E-state index < -0.39 is 5.97 Å². The largest absolute Gasteiger partial charge is 0.481 e. The Morgan fingerprint density at radius 3 is 3.00 bits per heavy atom. The summed E-state index contributed by atoms with van der Waals surface area (Å²) in [6, 6.07) is 3.85. The summed E-state index contributed by atoms with van der Waals surface area (Å²) in [5.74, 6) is 0.0341. The Bertz CT molecular complexity index is 595. The van der Waals surface area contributed by atoms with Crippen molar-refractivity contribution in [2.24, 2.45) is 5.92 Å². The third-order valence-electron chi connectivity index (χ3n) is 3.00. The molecule has 0 fully saturated rings. The van der Waals surface area contributed by atoms with Crippen molar-refractivity contribution < 1.29 is 14.4 Å². The molecule has 2 aromatic rings. The normalized spacial score (nSPS) is 12.3. The Morgan fingerprint density at radius 2 is 2.30 bits per heavy atom. The van der Waals surface area contributed by atoms with Gasteiger partial charge in [-0.1, -0.05) is 25.1 Å². The maximum absolute atomic E-state index is 10.6. The van der Waals surface area contributed by atoms with Crippen molar-refractivity contribution in [3.05, 3.63) is 29.8 Å². The highest BCUT2D eigenvalue weighted by Crippen LogP contribution is 2.19. The van der Waals surface area contributed by atoms with E-state index in [2.05, 4.69) is 15.1 Å². The van der Waals surface area contributed by atoms with Crippen molar-refractivity contribution >= 4 is 5.97 Å². The smallest absolute Gasteiger partial charge is 0.303 e. The quantitative estimate of drug-likeness (QED) is 0.870. The highest BCUT2D eigenvalue weighted by Gasteiger charge is 2.16. The number of carboxylic acids is 1. The number of aliphatic carboxylic acids is 1. The Kier molecular flexibility index (Phi) is 4.45. The lowest BCUT2D eigenvalue weighted by Crippen LogP contribution is -2.07. The number of pyridine rings is 1. The predicted octanol–water partition coefficient (Wildman–Crippen LogP) is 2.35. The highest BCUT2D eigenvalue weighted by atomic mass is 16.5. The summed E-state index contributed by atoms with van der Waals surface area (Å²) in [6.45, 7) is 3.88. The van der Waals surface area contributed by atoms with E-state index in [9.17, 15) is 4.79 Å². The lowest BCUT2D eigenvalue weighted by Gasteiger charge is -2.03. The first-order valence-electron chi connectivity index (χ1n) is 6.58. The minimum absolute atomic E-state index is 0.0461. The van der Waals surface area contributed by atoms with Gasteiger partial charge in [0.1, 0.15) is 5.69 Å². The fraction of sp³-hybridized carbons (Fsp3) is 0.429. The Morgan fingerprint density at radius 1 is 1.50 bits per heavy atom. The summed E-state index contributed by atoms with van der Waals surface area (Å²) in [5, 5.41) is 12.7. The molecule has 1 N–H and O–H groups in total. The number of aromatic nitrogens is 3. The third kappa shape index (κ3) is 3.40. The van der Waals surface area contributed by atoms with Gasteiger partial charge in [-0.3, -0.25) is 9.78 Å². The van der Waals surface area contributed by atoms with Crippen molar-refractivity contribution in [3.63, 3.8) is 0 Å². The first kappa shape index (κ1) is 14.2. The SMILES string of the molecule is CCc1cccnc1-c1noc(CC(C)CC(=O)O)n1. The second-order valence-corrected chi connectivity index (χ2v) is 4.78. The lowest BCUT2D eigenvalue weighted by molar-refractivity contribution is -0.137. The zero-order chi connectivity index (χ0) is 14.5. The molecule has 0 aromatic carbocycles. The van der Waals surface area contributed by atoms with Gasteiger partial charge < -0.3 is 9.63 Å². The molecule has 2 aromatic heterocycles. The molecule has 0 aliphatic rings. The van der Waals surface area contributed by atoms with E-state index in [-0.39, 0.29) is 12.3 Å².